The van der Waals surface area contributed by atoms with Crippen LogP contribution in [0.5, 0.6) is 0 Å². The van der Waals surface area contributed by atoms with Gasteiger partial charge in [0, 0.05) is 11.6 Å². The van der Waals surface area contributed by atoms with Crippen molar-refractivity contribution in [2.45, 2.75) is 11.3 Å². The number of para-hydroxylation sites is 1. The fourth-order valence-corrected chi connectivity index (χ4v) is 3.60. The first kappa shape index (κ1) is 20.7. The Labute approximate surface area is 177 Å². The molecule has 2 N–H and O–H groups in total. The van der Waals surface area contributed by atoms with Gasteiger partial charge in [0.05, 0.1) is 17.0 Å². The van der Waals surface area contributed by atoms with Crippen LogP contribution in [0.25, 0.3) is 17.0 Å². The van der Waals surface area contributed by atoms with Crippen molar-refractivity contribution in [3.63, 3.8) is 0 Å². The molecule has 0 radical (unpaired) electrons. The summed E-state index contributed by atoms with van der Waals surface area (Å²) < 4.78 is 40.7. The van der Waals surface area contributed by atoms with E-state index in [4.69, 9.17) is 0 Å². The quantitative estimate of drug-likeness (QED) is 0.456. The van der Waals surface area contributed by atoms with Gasteiger partial charge in [-0.2, -0.15) is 13.2 Å². The molecule has 0 saturated heterocycles. The molecule has 7 nitrogen and oxygen atoms in total. The molecule has 2 aromatic heterocycles. The number of aromatic nitrogens is 4. The van der Waals surface area contributed by atoms with E-state index in [1.54, 1.807) is 12.1 Å². The average Bonchev–Trinajstić information content (AvgIpc) is 3.12. The number of carbonyl (C=O) groups is 1. The summed E-state index contributed by atoms with van der Waals surface area (Å²) in [6, 6.07) is 15.1. The minimum atomic E-state index is -4.59. The first-order valence-corrected chi connectivity index (χ1v) is 9.94. The van der Waals surface area contributed by atoms with Crippen LogP contribution in [0.15, 0.2) is 70.6 Å². The van der Waals surface area contributed by atoms with Gasteiger partial charge in [0.25, 0.3) is 5.56 Å². The molecule has 0 aliphatic heterocycles. The van der Waals surface area contributed by atoms with E-state index in [0.29, 0.717) is 17.0 Å². The number of aromatic amines is 1. The van der Waals surface area contributed by atoms with Crippen molar-refractivity contribution in [1.82, 2.24) is 19.6 Å². The van der Waals surface area contributed by atoms with Gasteiger partial charge >= 0.3 is 6.18 Å². The summed E-state index contributed by atoms with van der Waals surface area (Å²) in [5.74, 6) is -0.527. The van der Waals surface area contributed by atoms with Gasteiger partial charge < -0.3 is 5.32 Å². The molecule has 0 spiro atoms. The van der Waals surface area contributed by atoms with E-state index in [-0.39, 0.29) is 16.6 Å². The highest BCUT2D eigenvalue weighted by molar-refractivity contribution is 7.99. The predicted octanol–water partition coefficient (Wildman–Crippen LogP) is 3.83. The lowest BCUT2D eigenvalue weighted by Crippen LogP contribution is -2.18. The van der Waals surface area contributed by atoms with E-state index in [1.807, 2.05) is 18.2 Å². The number of H-pyrrole nitrogens is 1. The van der Waals surface area contributed by atoms with E-state index >= 15 is 0 Å². The molecule has 0 unspecified atom stereocenters. The fourth-order valence-electron chi connectivity index (χ4n) is 2.85. The number of anilines is 1. The summed E-state index contributed by atoms with van der Waals surface area (Å²) in [6.45, 7) is 0. The van der Waals surface area contributed by atoms with Crippen molar-refractivity contribution >= 4 is 29.0 Å². The van der Waals surface area contributed by atoms with Gasteiger partial charge in [-0.05, 0) is 12.1 Å². The van der Waals surface area contributed by atoms with Crippen molar-refractivity contribution in [2.24, 2.45) is 0 Å². The smallest absolute Gasteiger partial charge is 0.325 e. The Hall–Kier alpha value is -3.60. The van der Waals surface area contributed by atoms with Crippen LogP contribution in [0.3, 0.4) is 0 Å². The van der Waals surface area contributed by atoms with Gasteiger partial charge in [-0.1, -0.05) is 54.2 Å². The molecule has 1 amide bonds. The number of benzene rings is 2. The zero-order valence-electron chi connectivity index (χ0n) is 15.7. The molecule has 158 valence electrons. The lowest BCUT2D eigenvalue weighted by molar-refractivity contribution is -0.137. The Morgan fingerprint density at radius 2 is 1.77 bits per heavy atom. The van der Waals surface area contributed by atoms with Gasteiger partial charge in [0.15, 0.2) is 16.6 Å². The second kappa shape index (κ2) is 8.26. The number of fused-ring (bicyclic) bond motifs is 1. The van der Waals surface area contributed by atoms with Crippen LogP contribution < -0.4 is 10.9 Å². The van der Waals surface area contributed by atoms with Crippen molar-refractivity contribution in [3.8, 4) is 11.4 Å². The average molecular weight is 445 g/mol. The van der Waals surface area contributed by atoms with Gasteiger partial charge in [-0.25, -0.2) is 14.5 Å². The number of halogens is 3. The number of thioether (sulfide) groups is 1. The second-order valence-electron chi connectivity index (χ2n) is 6.39. The zero-order chi connectivity index (χ0) is 22.0. The van der Waals surface area contributed by atoms with Crippen LogP contribution >= 0.6 is 11.8 Å². The number of rotatable bonds is 5. The third kappa shape index (κ3) is 4.61. The lowest BCUT2D eigenvalue weighted by Gasteiger charge is -2.13. The van der Waals surface area contributed by atoms with Crippen LogP contribution in [0, 0.1) is 0 Å². The molecule has 11 heteroatoms. The minimum Gasteiger partial charge on any atom is -0.325 e. The van der Waals surface area contributed by atoms with Gasteiger partial charge in [-0.15, -0.1) is 0 Å². The maximum absolute atomic E-state index is 13.1. The van der Waals surface area contributed by atoms with Crippen LogP contribution in [0.4, 0.5) is 18.9 Å². The summed E-state index contributed by atoms with van der Waals surface area (Å²) in [6.07, 6.45) is -4.59. The van der Waals surface area contributed by atoms with Crippen LogP contribution in [0.2, 0.25) is 0 Å². The van der Waals surface area contributed by atoms with E-state index in [2.05, 4.69) is 20.4 Å². The second-order valence-corrected chi connectivity index (χ2v) is 7.33. The Kier molecular flexibility index (Phi) is 5.51. The molecule has 0 aliphatic rings. The SMILES string of the molecule is O=C(CSc1nc(-c2ccccc2)nc2cc(=O)[nH]n12)Nc1ccccc1C(F)(F)F. The largest absolute Gasteiger partial charge is 0.418 e. The number of amides is 1. The zero-order valence-corrected chi connectivity index (χ0v) is 16.5. The molecule has 0 bridgehead atoms. The molecule has 0 fully saturated rings. The van der Waals surface area contributed by atoms with E-state index in [9.17, 15) is 22.8 Å². The van der Waals surface area contributed by atoms with Crippen molar-refractivity contribution in [2.75, 3.05) is 11.1 Å². The summed E-state index contributed by atoms with van der Waals surface area (Å²) >= 11 is 0.961. The number of hydrogen-bond donors (Lipinski definition) is 2. The topological polar surface area (TPSA) is 92.2 Å². The molecule has 4 aromatic rings. The van der Waals surface area contributed by atoms with Gasteiger partial charge in [-0.3, -0.25) is 14.7 Å². The molecular formula is C20H14F3N5O2S. The Balaban J connectivity index is 1.58. The summed E-state index contributed by atoms with van der Waals surface area (Å²) in [5.41, 5.74) is -0.634. The maximum Gasteiger partial charge on any atom is 0.418 e. The number of nitrogens with one attached hydrogen (secondary N) is 2. The molecule has 2 heterocycles. The highest BCUT2D eigenvalue weighted by Gasteiger charge is 2.33. The van der Waals surface area contributed by atoms with Gasteiger partial charge in [0.2, 0.25) is 5.91 Å². The Morgan fingerprint density at radius 1 is 1.06 bits per heavy atom. The Bertz CT molecular complexity index is 1300. The van der Waals surface area contributed by atoms with E-state index in [1.165, 1.54) is 28.8 Å². The number of hydrogen-bond acceptors (Lipinski definition) is 5. The van der Waals surface area contributed by atoms with Crippen LogP contribution in [-0.2, 0) is 11.0 Å². The van der Waals surface area contributed by atoms with E-state index < -0.39 is 23.2 Å². The number of nitrogens with zero attached hydrogens (tertiary/aromatic N) is 3. The molecule has 31 heavy (non-hydrogen) atoms. The monoisotopic (exact) mass is 445 g/mol. The maximum atomic E-state index is 13.1. The molecular weight excluding hydrogens is 431 g/mol. The highest BCUT2D eigenvalue weighted by Crippen LogP contribution is 2.34. The van der Waals surface area contributed by atoms with Crippen LogP contribution in [-0.4, -0.2) is 31.2 Å². The summed E-state index contributed by atoms with van der Waals surface area (Å²) in [5, 5.41) is 5.09. The minimum absolute atomic E-state index is 0.229. The van der Waals surface area contributed by atoms with E-state index in [0.717, 1.165) is 17.8 Å². The predicted molar refractivity (Wildman–Crippen MR) is 110 cm³/mol. The molecule has 4 rings (SSSR count). The lowest BCUT2D eigenvalue weighted by atomic mass is 10.1. The molecule has 0 atom stereocenters. The van der Waals surface area contributed by atoms with Crippen molar-refractivity contribution < 1.29 is 18.0 Å². The normalized spacial score (nSPS) is 11.6. The number of carbonyl (C=O) groups excluding carboxylic acids is 1. The summed E-state index contributed by atoms with van der Waals surface area (Å²) in [7, 11) is 0. The van der Waals surface area contributed by atoms with Crippen LogP contribution in [0.1, 0.15) is 5.56 Å². The van der Waals surface area contributed by atoms with Crippen molar-refractivity contribution in [1.29, 1.82) is 0 Å². The third-order valence-electron chi connectivity index (χ3n) is 4.20. The Morgan fingerprint density at radius 3 is 2.52 bits per heavy atom. The first-order valence-electron chi connectivity index (χ1n) is 8.95. The third-order valence-corrected chi connectivity index (χ3v) is 5.13. The fraction of sp³-hybridized carbons (Fsp3) is 0.100. The molecule has 0 saturated carbocycles. The number of alkyl halides is 3. The first-order chi connectivity index (χ1) is 14.8. The highest BCUT2D eigenvalue weighted by atomic mass is 32.2. The standard InChI is InChI=1S/C20H14F3N5O2S/c21-20(22,23)13-8-4-5-9-14(13)24-17(30)11-31-19-26-18(12-6-2-1-3-7-12)25-15-10-16(29)27-28(15)19/h1-10H,11H2,(H,24,30)(H,27,29). The molecule has 2 aromatic carbocycles. The molecule has 0 aliphatic carbocycles. The van der Waals surface area contributed by atoms with Gasteiger partial charge in [0.1, 0.15) is 0 Å². The van der Waals surface area contributed by atoms with Crippen molar-refractivity contribution in [3.05, 3.63) is 76.6 Å². The summed E-state index contributed by atoms with van der Waals surface area (Å²) in [4.78, 5) is 32.8.